The standard InChI is InChI=1S/C29H28N2O4/c30-29(34)22-9-4-5-10-23-27(22)28-24(11-6-12-25(28)35-18-26(32)33)31(23)17-19-13-15-21(16-14-19)20-7-2-1-3-8-20/h1-3,6-8,11-16,22H,4-5,9-10,17-18H2,(H2,30,34)(H,32,33). The van der Waals surface area contributed by atoms with Crippen molar-refractivity contribution in [1.82, 2.24) is 4.57 Å². The third-order valence-electron chi connectivity index (χ3n) is 6.80. The third kappa shape index (κ3) is 4.52. The van der Waals surface area contributed by atoms with Gasteiger partial charge in [-0.15, -0.1) is 0 Å². The van der Waals surface area contributed by atoms with Gasteiger partial charge in [-0.25, -0.2) is 4.79 Å². The van der Waals surface area contributed by atoms with E-state index >= 15 is 0 Å². The lowest BCUT2D eigenvalue weighted by Gasteiger charge is -2.14. The van der Waals surface area contributed by atoms with Gasteiger partial charge in [0.2, 0.25) is 5.91 Å². The zero-order chi connectivity index (χ0) is 24.4. The normalized spacial score (nSPS) is 15.4. The first-order valence-electron chi connectivity index (χ1n) is 11.9. The minimum absolute atomic E-state index is 0.354. The first-order chi connectivity index (χ1) is 17.0. The van der Waals surface area contributed by atoms with Crippen LogP contribution in [0.1, 0.15) is 42.0 Å². The fraction of sp³-hybridized carbons (Fsp3) is 0.241. The summed E-state index contributed by atoms with van der Waals surface area (Å²) in [7, 11) is 0. The van der Waals surface area contributed by atoms with E-state index in [1.165, 1.54) is 5.56 Å². The van der Waals surface area contributed by atoms with Gasteiger partial charge in [-0.05, 0) is 53.6 Å². The van der Waals surface area contributed by atoms with Crippen molar-refractivity contribution in [2.75, 3.05) is 6.61 Å². The molecule has 1 amide bonds. The van der Waals surface area contributed by atoms with Crippen molar-refractivity contribution in [2.24, 2.45) is 5.73 Å². The SMILES string of the molecule is NC(=O)C1CCCCc2c1c1c(OCC(=O)O)cccc1n2Cc1ccc(-c2ccccc2)cc1. The number of carboxylic acid groups (broad SMARTS) is 1. The zero-order valence-electron chi connectivity index (χ0n) is 19.4. The van der Waals surface area contributed by atoms with Gasteiger partial charge in [0.05, 0.1) is 11.4 Å². The van der Waals surface area contributed by atoms with E-state index in [0.29, 0.717) is 18.7 Å². The number of aromatic nitrogens is 1. The highest BCUT2D eigenvalue weighted by Crippen LogP contribution is 2.42. The molecule has 1 aliphatic rings. The molecule has 0 aliphatic heterocycles. The van der Waals surface area contributed by atoms with Crippen LogP contribution in [0.2, 0.25) is 0 Å². The van der Waals surface area contributed by atoms with Crippen molar-refractivity contribution in [3.8, 4) is 16.9 Å². The van der Waals surface area contributed by atoms with E-state index in [-0.39, 0.29) is 5.91 Å². The van der Waals surface area contributed by atoms with Crippen LogP contribution in [0.15, 0.2) is 72.8 Å². The highest BCUT2D eigenvalue weighted by molar-refractivity contribution is 5.97. The molecule has 0 bridgehead atoms. The highest BCUT2D eigenvalue weighted by Gasteiger charge is 2.31. The van der Waals surface area contributed by atoms with E-state index in [1.54, 1.807) is 6.07 Å². The van der Waals surface area contributed by atoms with Gasteiger partial charge in [0.25, 0.3) is 0 Å². The average molecular weight is 469 g/mol. The molecule has 0 spiro atoms. The molecule has 6 nitrogen and oxygen atoms in total. The van der Waals surface area contributed by atoms with Crippen LogP contribution in [0.4, 0.5) is 0 Å². The van der Waals surface area contributed by atoms with Crippen molar-refractivity contribution < 1.29 is 19.4 Å². The van der Waals surface area contributed by atoms with Gasteiger partial charge in [-0.2, -0.15) is 0 Å². The second-order valence-electron chi connectivity index (χ2n) is 9.04. The number of nitrogens with zero attached hydrogens (tertiary/aromatic N) is 1. The summed E-state index contributed by atoms with van der Waals surface area (Å²) in [4.78, 5) is 23.7. The zero-order valence-corrected chi connectivity index (χ0v) is 19.4. The maximum Gasteiger partial charge on any atom is 0.341 e. The van der Waals surface area contributed by atoms with Crippen LogP contribution < -0.4 is 10.5 Å². The number of rotatable bonds is 7. The van der Waals surface area contributed by atoms with Crippen molar-refractivity contribution in [2.45, 2.75) is 38.1 Å². The summed E-state index contributed by atoms with van der Waals surface area (Å²) in [6.45, 7) is 0.190. The Morgan fingerprint density at radius 3 is 2.40 bits per heavy atom. The fourth-order valence-electron chi connectivity index (χ4n) is 5.22. The smallest absolute Gasteiger partial charge is 0.341 e. The number of benzene rings is 3. The summed E-state index contributed by atoms with van der Waals surface area (Å²) in [6, 6.07) is 24.4. The maximum absolute atomic E-state index is 12.5. The number of carbonyl (C=O) groups is 2. The number of hydrogen-bond donors (Lipinski definition) is 2. The number of fused-ring (bicyclic) bond motifs is 3. The summed E-state index contributed by atoms with van der Waals surface area (Å²) in [6.07, 6.45) is 3.38. The molecule has 0 radical (unpaired) electrons. The van der Waals surface area contributed by atoms with Crippen LogP contribution in [-0.2, 0) is 22.6 Å². The molecule has 1 unspecified atom stereocenters. The number of ether oxygens (including phenoxy) is 1. The molecule has 0 saturated carbocycles. The predicted molar refractivity (Wildman–Crippen MR) is 136 cm³/mol. The van der Waals surface area contributed by atoms with E-state index < -0.39 is 18.5 Å². The Balaban J connectivity index is 1.61. The second kappa shape index (κ2) is 9.66. The number of carbonyl (C=O) groups excluding carboxylic acids is 1. The molecular formula is C29H28N2O4. The van der Waals surface area contributed by atoms with Crippen molar-refractivity contribution in [1.29, 1.82) is 0 Å². The first kappa shape index (κ1) is 22.7. The van der Waals surface area contributed by atoms with Crippen LogP contribution in [0.25, 0.3) is 22.0 Å². The molecule has 1 aliphatic carbocycles. The number of hydrogen-bond acceptors (Lipinski definition) is 3. The minimum atomic E-state index is -1.04. The molecule has 0 saturated heterocycles. The number of primary amides is 1. The Morgan fingerprint density at radius 2 is 1.69 bits per heavy atom. The van der Waals surface area contributed by atoms with Gasteiger partial charge in [0, 0.05) is 17.6 Å². The Morgan fingerprint density at radius 1 is 0.943 bits per heavy atom. The minimum Gasteiger partial charge on any atom is -0.481 e. The quantitative estimate of drug-likeness (QED) is 0.368. The van der Waals surface area contributed by atoms with Crippen LogP contribution in [-0.4, -0.2) is 28.2 Å². The molecule has 3 N–H and O–H groups in total. The molecule has 1 heterocycles. The number of carboxylic acids is 1. The second-order valence-corrected chi connectivity index (χ2v) is 9.04. The topological polar surface area (TPSA) is 94.6 Å². The molecule has 6 heteroatoms. The molecule has 178 valence electrons. The van der Waals surface area contributed by atoms with Crippen molar-refractivity contribution in [3.05, 3.63) is 89.6 Å². The van der Waals surface area contributed by atoms with Crippen LogP contribution in [0, 0.1) is 0 Å². The summed E-state index contributed by atoms with van der Waals surface area (Å²) in [5.74, 6) is -1.34. The van der Waals surface area contributed by atoms with Crippen molar-refractivity contribution >= 4 is 22.8 Å². The van der Waals surface area contributed by atoms with Gasteiger partial charge < -0.3 is 20.1 Å². The van der Waals surface area contributed by atoms with Crippen LogP contribution in [0.5, 0.6) is 5.75 Å². The van der Waals surface area contributed by atoms with Gasteiger partial charge in [-0.3, -0.25) is 4.79 Å². The van der Waals surface area contributed by atoms with Gasteiger partial charge in [-0.1, -0.05) is 67.1 Å². The molecule has 35 heavy (non-hydrogen) atoms. The first-order valence-corrected chi connectivity index (χ1v) is 11.9. The summed E-state index contributed by atoms with van der Waals surface area (Å²) in [5.41, 5.74) is 12.2. The predicted octanol–water partition coefficient (Wildman–Crippen LogP) is 5.12. The molecule has 4 aromatic rings. The molecule has 1 atom stereocenters. The number of amides is 1. The average Bonchev–Trinajstić information content (AvgIpc) is 3.02. The van der Waals surface area contributed by atoms with Crippen LogP contribution >= 0.6 is 0 Å². The van der Waals surface area contributed by atoms with Gasteiger partial charge >= 0.3 is 5.97 Å². The molecular weight excluding hydrogens is 440 g/mol. The van der Waals surface area contributed by atoms with Gasteiger partial charge in [0.15, 0.2) is 6.61 Å². The fourth-order valence-corrected chi connectivity index (χ4v) is 5.22. The van der Waals surface area contributed by atoms with Crippen molar-refractivity contribution in [3.63, 3.8) is 0 Å². The highest BCUT2D eigenvalue weighted by atomic mass is 16.5. The van der Waals surface area contributed by atoms with E-state index in [0.717, 1.165) is 52.5 Å². The molecule has 1 aromatic heterocycles. The van der Waals surface area contributed by atoms with Gasteiger partial charge in [0.1, 0.15) is 5.75 Å². The van der Waals surface area contributed by atoms with E-state index in [2.05, 4.69) is 41.0 Å². The largest absolute Gasteiger partial charge is 0.481 e. The lowest BCUT2D eigenvalue weighted by Crippen LogP contribution is -2.21. The lowest BCUT2D eigenvalue weighted by atomic mass is 9.92. The molecule has 5 rings (SSSR count). The Labute approximate surface area is 203 Å². The molecule has 0 fully saturated rings. The Kier molecular flexibility index (Phi) is 6.27. The number of aliphatic carboxylic acids is 1. The summed E-state index contributed by atoms with van der Waals surface area (Å²) >= 11 is 0. The summed E-state index contributed by atoms with van der Waals surface area (Å²) < 4.78 is 7.93. The Bertz CT molecular complexity index is 1370. The number of nitrogens with two attached hydrogens (primary N) is 1. The summed E-state index contributed by atoms with van der Waals surface area (Å²) in [5, 5.41) is 9.97. The van der Waals surface area contributed by atoms with Crippen LogP contribution in [0.3, 0.4) is 0 Å². The lowest BCUT2D eigenvalue weighted by molar-refractivity contribution is -0.139. The monoisotopic (exact) mass is 468 g/mol. The Hall–Kier alpha value is -4.06. The van der Waals surface area contributed by atoms with E-state index in [4.69, 9.17) is 10.5 Å². The maximum atomic E-state index is 12.5. The third-order valence-corrected chi connectivity index (χ3v) is 6.80. The van der Waals surface area contributed by atoms with E-state index in [1.807, 2.05) is 30.3 Å². The van der Waals surface area contributed by atoms with E-state index in [9.17, 15) is 14.7 Å². The molecule has 3 aromatic carbocycles.